The molecule has 222 valence electrons. The van der Waals surface area contributed by atoms with Gasteiger partial charge < -0.3 is 10.2 Å². The topological polar surface area (TPSA) is 136 Å². The first-order valence-electron chi connectivity index (χ1n) is 13.3. The Hall–Kier alpha value is -4.27. The minimum Gasteiger partial charge on any atom is -0.325 e. The number of piperidine rings is 1. The molecule has 15 heteroatoms. The van der Waals surface area contributed by atoms with Crippen LogP contribution in [0, 0.1) is 19.3 Å². The van der Waals surface area contributed by atoms with Crippen molar-refractivity contribution in [3.63, 3.8) is 0 Å². The normalized spacial score (nSPS) is 21.1. The fourth-order valence-corrected chi connectivity index (χ4v) is 5.89. The number of nitrogens with one attached hydrogen (secondary N) is 1. The van der Waals surface area contributed by atoms with Gasteiger partial charge in [0.1, 0.15) is 34.5 Å². The summed E-state index contributed by atoms with van der Waals surface area (Å²) < 4.78 is 42.2. The Morgan fingerprint density at radius 2 is 1.81 bits per heavy atom. The third kappa shape index (κ3) is 5.26. The molecule has 43 heavy (non-hydrogen) atoms. The van der Waals surface area contributed by atoms with Crippen molar-refractivity contribution in [1.82, 2.24) is 34.6 Å². The summed E-state index contributed by atoms with van der Waals surface area (Å²) in [6, 6.07) is 3.80. The number of aromatic nitrogens is 6. The van der Waals surface area contributed by atoms with E-state index in [0.29, 0.717) is 34.7 Å². The Morgan fingerprint density at radius 1 is 1.09 bits per heavy atom. The SMILES string of the molecule is Cc1ncc(-c2cc3c(C(=O)C(F)(F)F)nn(CC(=O)N4[C@H](C(=O)Nc5nc(Br)ccc5C)C[C@@]5(C)C[C@@H]45)c3cn2)cn1. The fraction of sp³-hybridized carbons (Fsp3) is 0.357. The first-order chi connectivity index (χ1) is 20.2. The second-order valence-electron chi connectivity index (χ2n) is 11.1. The molecule has 4 aromatic rings. The molecule has 11 nitrogen and oxygen atoms in total. The average Bonchev–Trinajstić information content (AvgIpc) is 3.32. The lowest BCUT2D eigenvalue weighted by molar-refractivity contribution is -0.138. The van der Waals surface area contributed by atoms with E-state index in [1.165, 1.54) is 29.6 Å². The van der Waals surface area contributed by atoms with Gasteiger partial charge in [-0.15, -0.1) is 0 Å². The number of pyridine rings is 2. The van der Waals surface area contributed by atoms with Crippen LogP contribution < -0.4 is 5.32 Å². The largest absolute Gasteiger partial charge is 0.456 e. The van der Waals surface area contributed by atoms with Crippen LogP contribution in [0.3, 0.4) is 0 Å². The Kier molecular flexibility index (Phi) is 6.82. The number of nitrogens with zero attached hydrogens (tertiary/aromatic N) is 7. The molecular formula is C28H24BrF3N8O3. The van der Waals surface area contributed by atoms with E-state index >= 15 is 0 Å². The van der Waals surface area contributed by atoms with Crippen LogP contribution in [0.1, 0.15) is 41.6 Å². The number of hydrogen-bond donors (Lipinski definition) is 1. The number of amides is 2. The predicted molar refractivity (Wildman–Crippen MR) is 151 cm³/mol. The Bertz CT molecular complexity index is 1810. The van der Waals surface area contributed by atoms with Gasteiger partial charge in [0.15, 0.2) is 0 Å². The monoisotopic (exact) mass is 656 g/mol. The second kappa shape index (κ2) is 10.2. The molecule has 6 rings (SSSR count). The Balaban J connectivity index is 1.33. The van der Waals surface area contributed by atoms with E-state index in [4.69, 9.17) is 0 Å². The number of ketones is 1. The zero-order valence-electron chi connectivity index (χ0n) is 23.1. The van der Waals surface area contributed by atoms with Crippen LogP contribution in [0.25, 0.3) is 22.2 Å². The maximum atomic E-state index is 13.7. The summed E-state index contributed by atoms with van der Waals surface area (Å²) in [6.45, 7) is 4.95. The van der Waals surface area contributed by atoms with Gasteiger partial charge in [-0.3, -0.25) is 24.0 Å². The van der Waals surface area contributed by atoms with Gasteiger partial charge in [0.25, 0.3) is 5.78 Å². The van der Waals surface area contributed by atoms with Crippen LogP contribution in [0.2, 0.25) is 0 Å². The first-order valence-corrected chi connectivity index (χ1v) is 14.1. The number of Topliss-reactive ketones (excluding diaryl/α,β-unsaturated/α-hetero) is 1. The zero-order valence-corrected chi connectivity index (χ0v) is 24.7. The van der Waals surface area contributed by atoms with Crippen molar-refractivity contribution in [1.29, 1.82) is 0 Å². The summed E-state index contributed by atoms with van der Waals surface area (Å²) in [6.07, 6.45) is 0.105. The molecule has 5 heterocycles. The molecule has 2 amide bonds. The van der Waals surface area contributed by atoms with Crippen LogP contribution >= 0.6 is 15.9 Å². The number of anilines is 1. The number of aryl methyl sites for hydroxylation is 2. The molecule has 2 aliphatic rings. The number of rotatable bonds is 6. The van der Waals surface area contributed by atoms with Gasteiger partial charge in [-0.05, 0) is 65.7 Å². The van der Waals surface area contributed by atoms with Crippen LogP contribution in [-0.2, 0) is 16.1 Å². The summed E-state index contributed by atoms with van der Waals surface area (Å²) in [5.74, 6) is -2.23. The van der Waals surface area contributed by atoms with Crippen LogP contribution in [0.4, 0.5) is 19.0 Å². The quantitative estimate of drug-likeness (QED) is 0.238. The first kappa shape index (κ1) is 28.8. The highest BCUT2D eigenvalue weighted by Gasteiger charge is 2.64. The molecule has 3 atom stereocenters. The van der Waals surface area contributed by atoms with Crippen molar-refractivity contribution in [2.75, 3.05) is 5.32 Å². The molecule has 0 aromatic carbocycles. The lowest BCUT2D eigenvalue weighted by Gasteiger charge is -2.27. The van der Waals surface area contributed by atoms with E-state index in [1.54, 1.807) is 26.0 Å². The number of hydrogen-bond acceptors (Lipinski definition) is 8. The van der Waals surface area contributed by atoms with Gasteiger partial charge in [-0.25, -0.2) is 15.0 Å². The smallest absolute Gasteiger partial charge is 0.325 e. The molecule has 0 unspecified atom stereocenters. The highest BCUT2D eigenvalue weighted by molar-refractivity contribution is 9.10. The van der Waals surface area contributed by atoms with Crippen LogP contribution in [0.5, 0.6) is 0 Å². The minimum atomic E-state index is -5.20. The van der Waals surface area contributed by atoms with E-state index in [2.05, 4.69) is 46.3 Å². The van der Waals surface area contributed by atoms with E-state index in [9.17, 15) is 27.6 Å². The molecule has 1 saturated carbocycles. The lowest BCUT2D eigenvalue weighted by Crippen LogP contribution is -2.47. The van der Waals surface area contributed by atoms with Crippen molar-refractivity contribution in [3.05, 3.63) is 58.5 Å². The highest BCUT2D eigenvalue weighted by atomic mass is 79.9. The van der Waals surface area contributed by atoms with Gasteiger partial charge in [-0.1, -0.05) is 13.0 Å². The van der Waals surface area contributed by atoms with Crippen molar-refractivity contribution in [2.45, 2.75) is 58.4 Å². The summed E-state index contributed by atoms with van der Waals surface area (Å²) in [7, 11) is 0. The molecule has 1 aliphatic carbocycles. The number of fused-ring (bicyclic) bond motifs is 2. The third-order valence-corrected chi connectivity index (χ3v) is 8.44. The summed E-state index contributed by atoms with van der Waals surface area (Å²) in [4.78, 5) is 57.8. The molecule has 0 spiro atoms. The van der Waals surface area contributed by atoms with Gasteiger partial charge in [0, 0.05) is 29.4 Å². The van der Waals surface area contributed by atoms with Gasteiger partial charge in [0.05, 0.1) is 17.4 Å². The average molecular weight is 657 g/mol. The van der Waals surface area contributed by atoms with Crippen molar-refractivity contribution in [3.8, 4) is 11.3 Å². The number of likely N-dealkylation sites (tertiary alicyclic amines) is 1. The van der Waals surface area contributed by atoms with Gasteiger partial charge in [0.2, 0.25) is 11.8 Å². The van der Waals surface area contributed by atoms with E-state index in [-0.39, 0.29) is 28.1 Å². The molecule has 1 N–H and O–H groups in total. The number of halogens is 4. The van der Waals surface area contributed by atoms with E-state index < -0.39 is 42.1 Å². The van der Waals surface area contributed by atoms with E-state index in [1.807, 2.05) is 6.92 Å². The standard InChI is InChI=1S/C28H24BrF3N8O3/c1-13-4-5-21(29)36-25(13)37-26(43)18-7-27(3)8-20(27)40(18)22(41)12-39-19-11-35-17(15-9-33-14(2)34-10-15)6-16(19)23(38-39)24(42)28(30,31)32/h4-6,9-11,18,20H,7-8,12H2,1-3H3,(H,36,37,43)/t18-,20+,27-/m0/s1. The van der Waals surface area contributed by atoms with Crippen molar-refractivity contribution in [2.24, 2.45) is 5.41 Å². The van der Waals surface area contributed by atoms with Crippen molar-refractivity contribution >= 4 is 50.2 Å². The van der Waals surface area contributed by atoms with Crippen LogP contribution in [0.15, 0.2) is 41.4 Å². The van der Waals surface area contributed by atoms with E-state index in [0.717, 1.165) is 10.2 Å². The molecule has 0 radical (unpaired) electrons. The van der Waals surface area contributed by atoms with Gasteiger partial charge >= 0.3 is 6.18 Å². The number of alkyl halides is 3. The zero-order chi connectivity index (χ0) is 30.8. The van der Waals surface area contributed by atoms with Gasteiger partial charge in [-0.2, -0.15) is 18.3 Å². The maximum absolute atomic E-state index is 13.7. The summed E-state index contributed by atoms with van der Waals surface area (Å²) in [5, 5.41) is 6.63. The van der Waals surface area contributed by atoms with Crippen LogP contribution in [-0.4, -0.2) is 70.5 Å². The second-order valence-corrected chi connectivity index (χ2v) is 11.9. The molecule has 0 bridgehead atoms. The number of carbonyl (C=O) groups is 3. The predicted octanol–water partition coefficient (Wildman–Crippen LogP) is 4.43. The summed E-state index contributed by atoms with van der Waals surface area (Å²) in [5.41, 5.74) is 0.346. The van der Waals surface area contributed by atoms with Crippen molar-refractivity contribution < 1.29 is 27.6 Å². The summed E-state index contributed by atoms with van der Waals surface area (Å²) >= 11 is 3.29. The molecular weight excluding hydrogens is 633 g/mol. The molecule has 1 saturated heterocycles. The highest BCUT2D eigenvalue weighted by Crippen LogP contribution is 2.59. The molecule has 4 aromatic heterocycles. The third-order valence-electron chi connectivity index (χ3n) is 8.00. The fourth-order valence-electron chi connectivity index (χ4n) is 5.58. The minimum absolute atomic E-state index is 0.0606. The number of carbonyl (C=O) groups excluding carboxylic acids is 3. The Morgan fingerprint density at radius 3 is 2.51 bits per heavy atom. The molecule has 2 fully saturated rings. The molecule has 1 aliphatic heterocycles. The maximum Gasteiger partial charge on any atom is 0.456 e. The lowest BCUT2D eigenvalue weighted by atomic mass is 10.0. The Labute approximate surface area is 251 Å².